The van der Waals surface area contributed by atoms with Gasteiger partial charge >= 0.3 is 5.97 Å². The number of hydrogen-bond donors (Lipinski definition) is 1. The van der Waals surface area contributed by atoms with Crippen LogP contribution in [-0.4, -0.2) is 18.0 Å². The molecule has 114 valence electrons. The normalized spacial score (nSPS) is 11.5. The average molecular weight is 299 g/mol. The summed E-state index contributed by atoms with van der Waals surface area (Å²) in [6, 6.07) is 16.2. The Morgan fingerprint density at radius 1 is 1.05 bits per heavy atom. The van der Waals surface area contributed by atoms with Crippen molar-refractivity contribution in [3.63, 3.8) is 0 Å². The van der Waals surface area contributed by atoms with Gasteiger partial charge in [-0.2, -0.15) is 0 Å². The second-order valence-corrected chi connectivity index (χ2v) is 4.75. The lowest BCUT2D eigenvalue weighted by molar-refractivity contribution is -0.125. The minimum Gasteiger partial charge on any atom is -0.489 e. The third-order valence-corrected chi connectivity index (χ3v) is 3.02. The quantitative estimate of drug-likeness (QED) is 0.830. The van der Waals surface area contributed by atoms with Gasteiger partial charge in [0, 0.05) is 0 Å². The van der Waals surface area contributed by atoms with Crippen molar-refractivity contribution < 1.29 is 19.1 Å². The fourth-order valence-electron chi connectivity index (χ4n) is 1.71. The van der Waals surface area contributed by atoms with Gasteiger partial charge in [0.1, 0.15) is 12.4 Å². The Morgan fingerprint density at radius 3 is 2.27 bits per heavy atom. The van der Waals surface area contributed by atoms with E-state index in [0.717, 1.165) is 11.3 Å². The maximum Gasteiger partial charge on any atom is 0.338 e. The first kappa shape index (κ1) is 15.6. The highest BCUT2D eigenvalue weighted by atomic mass is 16.5. The summed E-state index contributed by atoms with van der Waals surface area (Å²) in [5, 5.41) is 0. The highest BCUT2D eigenvalue weighted by Gasteiger charge is 2.15. The standard InChI is InChI=1S/C17H17NO4/c1-12(16(18)19)22-17(20)14-9-7-13(8-10-14)11-21-15-5-3-2-4-6-15/h2-10,12H,11H2,1H3,(H2,18,19). The Balaban J connectivity index is 1.92. The van der Waals surface area contributed by atoms with Crippen LogP contribution in [0.15, 0.2) is 54.6 Å². The summed E-state index contributed by atoms with van der Waals surface area (Å²) in [6.45, 7) is 1.83. The predicted octanol–water partition coefficient (Wildman–Crippen LogP) is 2.30. The van der Waals surface area contributed by atoms with E-state index in [0.29, 0.717) is 12.2 Å². The minimum absolute atomic E-state index is 0.358. The molecule has 2 aromatic carbocycles. The van der Waals surface area contributed by atoms with Gasteiger partial charge in [0.25, 0.3) is 5.91 Å². The summed E-state index contributed by atoms with van der Waals surface area (Å²) in [4.78, 5) is 22.7. The lowest BCUT2D eigenvalue weighted by atomic mass is 10.1. The molecule has 2 aromatic rings. The van der Waals surface area contributed by atoms with Crippen molar-refractivity contribution in [1.29, 1.82) is 0 Å². The summed E-state index contributed by atoms with van der Waals surface area (Å²) < 4.78 is 10.5. The second kappa shape index (κ2) is 7.26. The van der Waals surface area contributed by atoms with Crippen LogP contribution in [0.3, 0.4) is 0 Å². The Morgan fingerprint density at radius 2 is 1.68 bits per heavy atom. The van der Waals surface area contributed by atoms with Crippen LogP contribution in [0.1, 0.15) is 22.8 Å². The van der Waals surface area contributed by atoms with Gasteiger partial charge in [-0.05, 0) is 36.8 Å². The van der Waals surface area contributed by atoms with Crippen LogP contribution in [0.25, 0.3) is 0 Å². The van der Waals surface area contributed by atoms with E-state index in [1.54, 1.807) is 24.3 Å². The molecule has 5 heteroatoms. The zero-order chi connectivity index (χ0) is 15.9. The van der Waals surface area contributed by atoms with Crippen molar-refractivity contribution in [2.75, 3.05) is 0 Å². The van der Waals surface area contributed by atoms with Crippen molar-refractivity contribution in [1.82, 2.24) is 0 Å². The monoisotopic (exact) mass is 299 g/mol. The number of primary amides is 1. The van der Waals surface area contributed by atoms with Crippen LogP contribution < -0.4 is 10.5 Å². The van der Waals surface area contributed by atoms with Gasteiger partial charge < -0.3 is 15.2 Å². The van der Waals surface area contributed by atoms with Gasteiger partial charge in [-0.1, -0.05) is 30.3 Å². The highest BCUT2D eigenvalue weighted by molar-refractivity contribution is 5.91. The third kappa shape index (κ3) is 4.34. The molecule has 0 saturated carbocycles. The lowest BCUT2D eigenvalue weighted by Crippen LogP contribution is -2.30. The molecule has 0 aliphatic rings. The molecule has 0 heterocycles. The van der Waals surface area contributed by atoms with E-state index in [-0.39, 0.29) is 0 Å². The molecule has 0 aliphatic carbocycles. The zero-order valence-corrected chi connectivity index (χ0v) is 12.2. The van der Waals surface area contributed by atoms with Gasteiger partial charge in [0.15, 0.2) is 6.10 Å². The molecule has 1 atom stereocenters. The summed E-state index contributed by atoms with van der Waals surface area (Å²) in [5.41, 5.74) is 6.33. The number of para-hydroxylation sites is 1. The first-order valence-corrected chi connectivity index (χ1v) is 6.83. The van der Waals surface area contributed by atoms with Crippen molar-refractivity contribution >= 4 is 11.9 Å². The molecule has 0 aliphatic heterocycles. The Hall–Kier alpha value is -2.82. The molecule has 0 aromatic heterocycles. The molecule has 0 fully saturated rings. The number of amides is 1. The topological polar surface area (TPSA) is 78.6 Å². The predicted molar refractivity (Wildman–Crippen MR) is 81.3 cm³/mol. The summed E-state index contributed by atoms with van der Waals surface area (Å²) in [5.74, 6) is -0.482. The molecule has 1 unspecified atom stereocenters. The maximum atomic E-state index is 11.8. The summed E-state index contributed by atoms with van der Waals surface area (Å²) in [7, 11) is 0. The van der Waals surface area contributed by atoms with Crippen LogP contribution >= 0.6 is 0 Å². The molecule has 0 spiro atoms. The average Bonchev–Trinajstić information content (AvgIpc) is 2.54. The molecule has 22 heavy (non-hydrogen) atoms. The van der Waals surface area contributed by atoms with Crippen LogP contribution in [-0.2, 0) is 16.1 Å². The van der Waals surface area contributed by atoms with E-state index in [1.807, 2.05) is 30.3 Å². The molecular weight excluding hydrogens is 282 g/mol. The number of nitrogens with two attached hydrogens (primary N) is 1. The zero-order valence-electron chi connectivity index (χ0n) is 12.2. The smallest absolute Gasteiger partial charge is 0.338 e. The van der Waals surface area contributed by atoms with E-state index in [1.165, 1.54) is 6.92 Å². The third-order valence-electron chi connectivity index (χ3n) is 3.02. The fourth-order valence-corrected chi connectivity index (χ4v) is 1.71. The number of rotatable bonds is 6. The van der Waals surface area contributed by atoms with Crippen LogP contribution in [0, 0.1) is 0 Å². The number of ether oxygens (including phenoxy) is 2. The first-order valence-electron chi connectivity index (χ1n) is 6.83. The van der Waals surface area contributed by atoms with Crippen molar-refractivity contribution in [3.05, 3.63) is 65.7 Å². The van der Waals surface area contributed by atoms with Gasteiger partial charge in [-0.15, -0.1) is 0 Å². The number of hydrogen-bond acceptors (Lipinski definition) is 4. The van der Waals surface area contributed by atoms with E-state index in [9.17, 15) is 9.59 Å². The molecule has 5 nitrogen and oxygen atoms in total. The second-order valence-electron chi connectivity index (χ2n) is 4.75. The van der Waals surface area contributed by atoms with Crippen molar-refractivity contribution in [2.45, 2.75) is 19.6 Å². The summed E-state index contributed by atoms with van der Waals surface area (Å²) in [6.07, 6.45) is -0.950. The SMILES string of the molecule is CC(OC(=O)c1ccc(COc2ccccc2)cc1)C(N)=O. The van der Waals surface area contributed by atoms with Gasteiger partial charge in [0.05, 0.1) is 5.56 Å². The Bertz CT molecular complexity index is 637. The largest absolute Gasteiger partial charge is 0.489 e. The molecule has 0 bridgehead atoms. The minimum atomic E-state index is -0.950. The van der Waals surface area contributed by atoms with Crippen LogP contribution in [0.2, 0.25) is 0 Å². The van der Waals surface area contributed by atoms with Crippen molar-refractivity contribution in [2.24, 2.45) is 5.73 Å². The van der Waals surface area contributed by atoms with E-state index in [2.05, 4.69) is 0 Å². The highest BCUT2D eigenvalue weighted by Crippen LogP contribution is 2.13. The molecule has 0 radical (unpaired) electrons. The van der Waals surface area contributed by atoms with Crippen LogP contribution in [0.4, 0.5) is 0 Å². The fraction of sp³-hybridized carbons (Fsp3) is 0.176. The van der Waals surface area contributed by atoms with E-state index >= 15 is 0 Å². The number of carbonyl (C=O) groups is 2. The van der Waals surface area contributed by atoms with Gasteiger partial charge in [-0.25, -0.2) is 4.79 Å². The summed E-state index contributed by atoms with van der Waals surface area (Å²) >= 11 is 0. The number of benzene rings is 2. The van der Waals surface area contributed by atoms with Crippen molar-refractivity contribution in [3.8, 4) is 5.75 Å². The molecular formula is C17H17NO4. The van der Waals surface area contributed by atoms with Gasteiger partial charge in [-0.3, -0.25) is 4.79 Å². The molecule has 0 saturated heterocycles. The van der Waals surface area contributed by atoms with E-state index < -0.39 is 18.0 Å². The molecule has 2 rings (SSSR count). The number of esters is 1. The van der Waals surface area contributed by atoms with Gasteiger partial charge in [0.2, 0.25) is 0 Å². The number of carbonyl (C=O) groups excluding carboxylic acids is 2. The Labute approximate surface area is 128 Å². The maximum absolute atomic E-state index is 11.8. The molecule has 1 amide bonds. The Kier molecular flexibility index (Phi) is 5.14. The van der Waals surface area contributed by atoms with E-state index in [4.69, 9.17) is 15.2 Å². The van der Waals surface area contributed by atoms with Crippen LogP contribution in [0.5, 0.6) is 5.75 Å². The lowest BCUT2D eigenvalue weighted by Gasteiger charge is -2.10. The molecule has 2 N–H and O–H groups in total. The first-order chi connectivity index (χ1) is 10.6.